The predicted molar refractivity (Wildman–Crippen MR) is 156 cm³/mol. The fraction of sp³-hybridized carbons (Fsp3) is 0.355. The molecule has 3 rings (SSSR count). The van der Waals surface area contributed by atoms with Crippen molar-refractivity contribution in [2.75, 3.05) is 17.4 Å². The number of benzene rings is 3. The van der Waals surface area contributed by atoms with E-state index in [1.54, 1.807) is 37.3 Å². The van der Waals surface area contributed by atoms with Crippen LogP contribution in [0.4, 0.5) is 5.69 Å². The molecular weight excluding hydrogens is 510 g/mol. The van der Waals surface area contributed by atoms with Gasteiger partial charge in [0.15, 0.2) is 0 Å². The van der Waals surface area contributed by atoms with E-state index in [1.165, 1.54) is 17.0 Å². The Morgan fingerprint density at radius 3 is 2.08 bits per heavy atom. The highest BCUT2D eigenvalue weighted by atomic mass is 32.2. The Morgan fingerprint density at radius 2 is 1.49 bits per heavy atom. The molecule has 0 bridgehead atoms. The van der Waals surface area contributed by atoms with Gasteiger partial charge in [-0.1, -0.05) is 75.4 Å². The number of rotatable bonds is 12. The molecule has 1 atom stereocenters. The monoisotopic (exact) mass is 549 g/mol. The zero-order valence-corrected chi connectivity index (χ0v) is 24.2. The number of anilines is 1. The summed E-state index contributed by atoms with van der Waals surface area (Å²) in [5.41, 5.74) is 3.31. The maximum atomic E-state index is 14.0. The van der Waals surface area contributed by atoms with Gasteiger partial charge >= 0.3 is 0 Å². The number of amides is 2. The van der Waals surface area contributed by atoms with E-state index in [0.29, 0.717) is 12.2 Å². The van der Waals surface area contributed by atoms with Gasteiger partial charge in [-0.15, -0.1) is 0 Å². The zero-order chi connectivity index (χ0) is 28.6. The van der Waals surface area contributed by atoms with Gasteiger partial charge in [-0.2, -0.15) is 0 Å². The smallest absolute Gasteiger partial charge is 0.264 e. The van der Waals surface area contributed by atoms with Crippen LogP contribution in [0.5, 0.6) is 0 Å². The summed E-state index contributed by atoms with van der Waals surface area (Å²) in [5, 5.41) is 2.86. The van der Waals surface area contributed by atoms with Crippen molar-refractivity contribution < 1.29 is 18.0 Å². The molecule has 2 amide bonds. The van der Waals surface area contributed by atoms with Crippen LogP contribution in [0.25, 0.3) is 0 Å². The van der Waals surface area contributed by atoms with Gasteiger partial charge < -0.3 is 10.2 Å². The van der Waals surface area contributed by atoms with E-state index in [1.807, 2.05) is 50.2 Å². The van der Waals surface area contributed by atoms with Crippen molar-refractivity contribution in [2.24, 2.45) is 0 Å². The standard InChI is InChI=1S/C31H39N3O4S/c1-6-20-32-31(36)25(5)33(21-27-13-11-10-12-24(27)4)30(35)22-34(28-18-16-26(17-19-28)23(2)3)39(37,38)29-14-8-7-9-15-29/h7-19,23,25H,6,20-22H2,1-5H3,(H,32,36)/t25-/m0/s1. The second kappa shape index (κ2) is 13.4. The van der Waals surface area contributed by atoms with Gasteiger partial charge in [0.2, 0.25) is 11.8 Å². The van der Waals surface area contributed by atoms with Crippen molar-refractivity contribution in [3.63, 3.8) is 0 Å². The normalized spacial score (nSPS) is 12.2. The number of hydrogen-bond acceptors (Lipinski definition) is 4. The minimum atomic E-state index is -4.07. The van der Waals surface area contributed by atoms with Crippen molar-refractivity contribution in [3.05, 3.63) is 95.6 Å². The van der Waals surface area contributed by atoms with Crippen LogP contribution in [-0.4, -0.2) is 44.3 Å². The molecule has 0 saturated carbocycles. The van der Waals surface area contributed by atoms with Crippen LogP contribution in [0.3, 0.4) is 0 Å². The zero-order valence-electron chi connectivity index (χ0n) is 23.4. The summed E-state index contributed by atoms with van der Waals surface area (Å²) in [6, 6.07) is 22.2. The second-order valence-corrected chi connectivity index (χ2v) is 11.8. The third-order valence-electron chi connectivity index (χ3n) is 6.78. The van der Waals surface area contributed by atoms with Crippen LogP contribution in [0.15, 0.2) is 83.8 Å². The number of carbonyl (C=O) groups is 2. The lowest BCUT2D eigenvalue weighted by atomic mass is 10.0. The number of nitrogens with one attached hydrogen (secondary N) is 1. The summed E-state index contributed by atoms with van der Waals surface area (Å²) < 4.78 is 28.8. The summed E-state index contributed by atoms with van der Waals surface area (Å²) in [4.78, 5) is 28.5. The van der Waals surface area contributed by atoms with E-state index in [2.05, 4.69) is 19.2 Å². The van der Waals surface area contributed by atoms with Crippen LogP contribution >= 0.6 is 0 Å². The molecule has 0 radical (unpaired) electrons. The minimum Gasteiger partial charge on any atom is -0.354 e. The average Bonchev–Trinajstić information content (AvgIpc) is 2.94. The van der Waals surface area contributed by atoms with E-state index in [0.717, 1.165) is 27.4 Å². The molecule has 7 nitrogen and oxygen atoms in total. The Balaban J connectivity index is 2.03. The third kappa shape index (κ3) is 7.47. The van der Waals surface area contributed by atoms with Gasteiger partial charge in [-0.25, -0.2) is 8.42 Å². The lowest BCUT2D eigenvalue weighted by Gasteiger charge is -2.32. The number of sulfonamides is 1. The lowest BCUT2D eigenvalue weighted by Crippen LogP contribution is -2.51. The first-order valence-electron chi connectivity index (χ1n) is 13.4. The molecule has 0 heterocycles. The number of carbonyl (C=O) groups excluding carboxylic acids is 2. The summed E-state index contributed by atoms with van der Waals surface area (Å²) in [6.07, 6.45) is 0.764. The molecule has 0 fully saturated rings. The maximum Gasteiger partial charge on any atom is 0.264 e. The van der Waals surface area contributed by atoms with Crippen molar-refractivity contribution in [1.29, 1.82) is 0 Å². The number of nitrogens with zero attached hydrogens (tertiary/aromatic N) is 2. The van der Waals surface area contributed by atoms with Crippen LogP contribution in [0.2, 0.25) is 0 Å². The Hall–Kier alpha value is -3.65. The van der Waals surface area contributed by atoms with Crippen LogP contribution in [0, 0.1) is 6.92 Å². The van der Waals surface area contributed by atoms with Gasteiger partial charge in [0.1, 0.15) is 12.6 Å². The molecule has 0 aromatic heterocycles. The summed E-state index contributed by atoms with van der Waals surface area (Å²) in [6.45, 7) is 9.92. The summed E-state index contributed by atoms with van der Waals surface area (Å²) >= 11 is 0. The van der Waals surface area contributed by atoms with Gasteiger partial charge in [-0.05, 0) is 67.1 Å². The Labute approximate surface area is 232 Å². The number of hydrogen-bond donors (Lipinski definition) is 1. The lowest BCUT2D eigenvalue weighted by molar-refractivity contribution is -0.139. The van der Waals surface area contributed by atoms with Crippen LogP contribution < -0.4 is 9.62 Å². The molecule has 0 spiro atoms. The van der Waals surface area contributed by atoms with Gasteiger partial charge in [-0.3, -0.25) is 13.9 Å². The van der Waals surface area contributed by atoms with Crippen molar-refractivity contribution in [3.8, 4) is 0 Å². The Bertz CT molecular complexity index is 1360. The molecule has 3 aromatic carbocycles. The van der Waals surface area contributed by atoms with Crippen molar-refractivity contribution in [1.82, 2.24) is 10.2 Å². The van der Waals surface area contributed by atoms with Crippen molar-refractivity contribution in [2.45, 2.75) is 64.4 Å². The Morgan fingerprint density at radius 1 is 0.872 bits per heavy atom. The molecule has 39 heavy (non-hydrogen) atoms. The Kier molecular flexibility index (Phi) is 10.3. The first-order chi connectivity index (χ1) is 18.6. The van der Waals surface area contributed by atoms with Gasteiger partial charge in [0.05, 0.1) is 10.6 Å². The average molecular weight is 550 g/mol. The SMILES string of the molecule is CCCNC(=O)[C@H](C)N(Cc1ccccc1C)C(=O)CN(c1ccc(C(C)C)cc1)S(=O)(=O)c1ccccc1. The summed E-state index contributed by atoms with van der Waals surface area (Å²) in [7, 11) is -4.07. The molecule has 0 aliphatic rings. The quantitative estimate of drug-likeness (QED) is 0.334. The fourth-order valence-electron chi connectivity index (χ4n) is 4.22. The van der Waals surface area contributed by atoms with Gasteiger partial charge in [0.25, 0.3) is 10.0 Å². The highest BCUT2D eigenvalue weighted by molar-refractivity contribution is 7.92. The highest BCUT2D eigenvalue weighted by Crippen LogP contribution is 2.26. The second-order valence-electron chi connectivity index (χ2n) is 9.99. The topological polar surface area (TPSA) is 86.8 Å². The molecule has 0 aliphatic carbocycles. The first kappa shape index (κ1) is 29.9. The van der Waals surface area contributed by atoms with E-state index in [-0.39, 0.29) is 23.3 Å². The number of aryl methyl sites for hydroxylation is 1. The highest BCUT2D eigenvalue weighted by Gasteiger charge is 2.32. The van der Waals surface area contributed by atoms with E-state index < -0.39 is 28.5 Å². The molecule has 8 heteroatoms. The van der Waals surface area contributed by atoms with E-state index in [9.17, 15) is 18.0 Å². The molecule has 0 aliphatic heterocycles. The molecule has 0 saturated heterocycles. The third-order valence-corrected chi connectivity index (χ3v) is 8.56. The largest absolute Gasteiger partial charge is 0.354 e. The maximum absolute atomic E-state index is 14.0. The van der Waals surface area contributed by atoms with E-state index in [4.69, 9.17) is 0 Å². The fourth-order valence-corrected chi connectivity index (χ4v) is 5.66. The van der Waals surface area contributed by atoms with Crippen LogP contribution in [-0.2, 0) is 26.2 Å². The predicted octanol–water partition coefficient (Wildman–Crippen LogP) is 5.26. The molecule has 208 valence electrons. The van der Waals surface area contributed by atoms with Gasteiger partial charge in [0, 0.05) is 13.1 Å². The molecule has 3 aromatic rings. The van der Waals surface area contributed by atoms with Crippen molar-refractivity contribution >= 4 is 27.5 Å². The molecule has 1 N–H and O–H groups in total. The summed E-state index contributed by atoms with van der Waals surface area (Å²) in [5.74, 6) is -0.477. The van der Waals surface area contributed by atoms with E-state index >= 15 is 0 Å². The molecular formula is C31H39N3O4S. The molecule has 0 unspecified atom stereocenters. The minimum absolute atomic E-state index is 0.0879. The van der Waals surface area contributed by atoms with Crippen LogP contribution in [0.1, 0.15) is 56.7 Å². The first-order valence-corrected chi connectivity index (χ1v) is 14.8.